The number of sulfonamides is 1. The second-order valence-corrected chi connectivity index (χ2v) is 5.09. The minimum atomic E-state index is -3.65. The Kier molecular flexibility index (Phi) is 2.32. The number of fused-ring (bicyclic) bond motifs is 1. The monoisotopic (exact) mass is 242 g/mol. The fourth-order valence-corrected chi connectivity index (χ4v) is 2.10. The van der Waals surface area contributed by atoms with Crippen LogP contribution in [-0.2, 0) is 17.1 Å². The third-order valence-corrected chi connectivity index (χ3v) is 3.63. The lowest BCUT2D eigenvalue weighted by Crippen LogP contribution is -2.22. The Bertz CT molecular complexity index is 698. The molecule has 0 aliphatic carbocycles. The number of nitrogens with zero attached hydrogens (tertiary/aromatic N) is 2. The van der Waals surface area contributed by atoms with E-state index in [2.05, 4.69) is 14.8 Å². The first-order valence-corrected chi connectivity index (χ1v) is 5.92. The number of hydrogen-bond acceptors (Lipinski definition) is 4. The lowest BCUT2D eigenvalue weighted by molar-refractivity contribution is 0.584. The van der Waals surface area contributed by atoms with Gasteiger partial charge in [0.2, 0.25) is 0 Å². The SMILES string of the molecule is CNS(=O)(=O)c1cc2c(cnn2C)c(=O)[nH]1. The fourth-order valence-electron chi connectivity index (χ4n) is 1.39. The van der Waals surface area contributed by atoms with E-state index in [4.69, 9.17) is 0 Å². The molecule has 0 atom stereocenters. The molecule has 2 rings (SSSR count). The van der Waals surface area contributed by atoms with Crippen LogP contribution in [0.4, 0.5) is 0 Å². The summed E-state index contributed by atoms with van der Waals surface area (Å²) >= 11 is 0. The van der Waals surface area contributed by atoms with Crippen molar-refractivity contribution < 1.29 is 8.42 Å². The van der Waals surface area contributed by atoms with Gasteiger partial charge in [-0.2, -0.15) is 5.10 Å². The van der Waals surface area contributed by atoms with Crippen LogP contribution in [0.2, 0.25) is 0 Å². The highest BCUT2D eigenvalue weighted by Gasteiger charge is 2.15. The van der Waals surface area contributed by atoms with Crippen molar-refractivity contribution in [2.45, 2.75) is 5.03 Å². The van der Waals surface area contributed by atoms with Crippen LogP contribution in [-0.4, -0.2) is 30.2 Å². The van der Waals surface area contributed by atoms with Crippen molar-refractivity contribution in [2.24, 2.45) is 7.05 Å². The molecule has 8 heteroatoms. The molecule has 2 N–H and O–H groups in total. The second-order valence-electron chi connectivity index (χ2n) is 3.24. The van der Waals surface area contributed by atoms with E-state index in [0.29, 0.717) is 10.9 Å². The molecule has 2 heterocycles. The summed E-state index contributed by atoms with van der Waals surface area (Å²) in [5, 5.41) is 4.08. The van der Waals surface area contributed by atoms with Crippen LogP contribution in [0, 0.1) is 0 Å². The van der Waals surface area contributed by atoms with Gasteiger partial charge in [0.05, 0.1) is 17.1 Å². The van der Waals surface area contributed by atoms with Crippen molar-refractivity contribution in [3.8, 4) is 0 Å². The van der Waals surface area contributed by atoms with Gasteiger partial charge in [-0.3, -0.25) is 9.48 Å². The number of rotatable bonds is 2. The van der Waals surface area contributed by atoms with Crippen LogP contribution in [0.3, 0.4) is 0 Å². The van der Waals surface area contributed by atoms with Gasteiger partial charge in [0.15, 0.2) is 5.03 Å². The van der Waals surface area contributed by atoms with Crippen LogP contribution >= 0.6 is 0 Å². The lowest BCUT2D eigenvalue weighted by atomic mass is 10.3. The summed E-state index contributed by atoms with van der Waals surface area (Å²) < 4.78 is 26.6. The Labute approximate surface area is 91.1 Å². The van der Waals surface area contributed by atoms with E-state index in [1.807, 2.05) is 0 Å². The van der Waals surface area contributed by atoms with E-state index in [-0.39, 0.29) is 5.03 Å². The van der Waals surface area contributed by atoms with Gasteiger partial charge >= 0.3 is 0 Å². The predicted octanol–water partition coefficient (Wildman–Crippen LogP) is -0.830. The largest absolute Gasteiger partial charge is 0.311 e. The average Bonchev–Trinajstić information content (AvgIpc) is 2.61. The molecule has 0 saturated heterocycles. The molecule has 0 aliphatic heterocycles. The third-order valence-electron chi connectivity index (χ3n) is 2.29. The zero-order valence-electron chi connectivity index (χ0n) is 8.68. The minimum Gasteiger partial charge on any atom is -0.311 e. The van der Waals surface area contributed by atoms with Crippen molar-refractivity contribution >= 4 is 20.9 Å². The van der Waals surface area contributed by atoms with Gasteiger partial charge in [-0.05, 0) is 7.05 Å². The van der Waals surface area contributed by atoms with Gasteiger partial charge in [0.1, 0.15) is 0 Å². The summed E-state index contributed by atoms with van der Waals surface area (Å²) in [5.41, 5.74) is -0.00278. The summed E-state index contributed by atoms with van der Waals surface area (Å²) in [6, 6.07) is 1.37. The first-order chi connectivity index (χ1) is 7.45. The molecule has 2 aromatic heterocycles. The molecule has 2 aromatic rings. The second kappa shape index (κ2) is 3.42. The van der Waals surface area contributed by atoms with Gasteiger partial charge in [-0.1, -0.05) is 0 Å². The Morgan fingerprint density at radius 3 is 2.81 bits per heavy atom. The molecule has 0 aromatic carbocycles. The van der Waals surface area contributed by atoms with Crippen molar-refractivity contribution in [1.82, 2.24) is 19.5 Å². The molecule has 0 bridgehead atoms. The van der Waals surface area contributed by atoms with Crippen molar-refractivity contribution in [1.29, 1.82) is 0 Å². The summed E-state index contributed by atoms with van der Waals surface area (Å²) in [5.74, 6) is 0. The molecule has 0 fully saturated rings. The van der Waals surface area contributed by atoms with E-state index in [9.17, 15) is 13.2 Å². The average molecular weight is 242 g/mol. The quantitative estimate of drug-likeness (QED) is 0.718. The van der Waals surface area contributed by atoms with E-state index in [1.54, 1.807) is 7.05 Å². The normalized spacial score (nSPS) is 12.1. The molecule has 0 radical (unpaired) electrons. The highest BCUT2D eigenvalue weighted by atomic mass is 32.2. The summed E-state index contributed by atoms with van der Waals surface area (Å²) in [4.78, 5) is 13.9. The smallest absolute Gasteiger partial charge is 0.260 e. The minimum absolute atomic E-state index is 0.170. The standard InChI is InChI=1S/C8H10N4O3S/c1-9-16(14,15)7-3-6-5(8(13)11-7)4-10-12(6)2/h3-4,9H,1-2H3,(H,11,13). The zero-order valence-corrected chi connectivity index (χ0v) is 9.50. The van der Waals surface area contributed by atoms with Gasteiger partial charge < -0.3 is 4.98 Å². The highest BCUT2D eigenvalue weighted by Crippen LogP contribution is 2.11. The van der Waals surface area contributed by atoms with E-state index in [1.165, 1.54) is 24.0 Å². The fraction of sp³-hybridized carbons (Fsp3) is 0.250. The summed E-state index contributed by atoms with van der Waals surface area (Å²) in [6.07, 6.45) is 1.39. The maximum Gasteiger partial charge on any atom is 0.260 e. The van der Waals surface area contributed by atoms with Crippen molar-refractivity contribution in [3.63, 3.8) is 0 Å². The topological polar surface area (TPSA) is 96.8 Å². The molecule has 0 spiro atoms. The maximum absolute atomic E-state index is 11.6. The molecule has 7 nitrogen and oxygen atoms in total. The Morgan fingerprint density at radius 2 is 2.19 bits per heavy atom. The maximum atomic E-state index is 11.6. The molecular weight excluding hydrogens is 232 g/mol. The van der Waals surface area contributed by atoms with E-state index in [0.717, 1.165) is 0 Å². The Balaban J connectivity index is 2.86. The first-order valence-electron chi connectivity index (χ1n) is 4.44. The number of nitrogens with one attached hydrogen (secondary N) is 2. The van der Waals surface area contributed by atoms with Crippen LogP contribution in [0.15, 0.2) is 22.1 Å². The first kappa shape index (κ1) is 10.8. The number of aromatic amines is 1. The third kappa shape index (κ3) is 1.51. The van der Waals surface area contributed by atoms with Crippen LogP contribution < -0.4 is 10.3 Å². The lowest BCUT2D eigenvalue weighted by Gasteiger charge is -2.02. The Morgan fingerprint density at radius 1 is 1.50 bits per heavy atom. The van der Waals surface area contributed by atoms with E-state index >= 15 is 0 Å². The number of H-pyrrole nitrogens is 1. The number of aromatic nitrogens is 3. The summed E-state index contributed by atoms with van der Waals surface area (Å²) in [7, 11) is -0.738. The number of hydrogen-bond donors (Lipinski definition) is 2. The number of pyridine rings is 1. The van der Waals surface area contributed by atoms with Gasteiger partial charge in [-0.25, -0.2) is 13.1 Å². The molecule has 0 aliphatic rings. The molecule has 86 valence electrons. The van der Waals surface area contributed by atoms with Crippen molar-refractivity contribution in [2.75, 3.05) is 7.05 Å². The van der Waals surface area contributed by atoms with Gasteiger partial charge in [-0.15, -0.1) is 0 Å². The zero-order chi connectivity index (χ0) is 11.9. The van der Waals surface area contributed by atoms with Crippen LogP contribution in [0.25, 0.3) is 10.9 Å². The highest BCUT2D eigenvalue weighted by molar-refractivity contribution is 7.89. The molecule has 0 amide bonds. The number of aryl methyl sites for hydroxylation is 1. The summed E-state index contributed by atoms with van der Waals surface area (Å²) in [6.45, 7) is 0. The van der Waals surface area contributed by atoms with Crippen LogP contribution in [0.5, 0.6) is 0 Å². The van der Waals surface area contributed by atoms with E-state index < -0.39 is 15.6 Å². The Hall–Kier alpha value is -1.67. The predicted molar refractivity (Wildman–Crippen MR) is 57.6 cm³/mol. The van der Waals surface area contributed by atoms with Crippen LogP contribution in [0.1, 0.15) is 0 Å². The molecular formula is C8H10N4O3S. The molecule has 16 heavy (non-hydrogen) atoms. The van der Waals surface area contributed by atoms with Gasteiger partial charge in [0, 0.05) is 13.1 Å². The van der Waals surface area contributed by atoms with Crippen molar-refractivity contribution in [3.05, 3.63) is 22.6 Å². The molecule has 0 saturated carbocycles. The van der Waals surface area contributed by atoms with Gasteiger partial charge in [0.25, 0.3) is 15.6 Å². The molecule has 0 unspecified atom stereocenters.